The van der Waals surface area contributed by atoms with Crippen molar-refractivity contribution in [2.24, 2.45) is 5.92 Å². The predicted molar refractivity (Wildman–Crippen MR) is 158 cm³/mol. The zero-order valence-corrected chi connectivity index (χ0v) is 24.7. The van der Waals surface area contributed by atoms with Gasteiger partial charge in [-0.1, -0.05) is 31.0 Å². The average Bonchev–Trinajstić information content (AvgIpc) is 3.68. The summed E-state index contributed by atoms with van der Waals surface area (Å²) < 4.78 is 17.3. The molecule has 10 heteroatoms. The first-order valence-corrected chi connectivity index (χ1v) is 14.9. The smallest absolute Gasteiger partial charge is 0.247 e. The van der Waals surface area contributed by atoms with Gasteiger partial charge in [0.15, 0.2) is 11.5 Å². The lowest BCUT2D eigenvalue weighted by Crippen LogP contribution is -2.56. The van der Waals surface area contributed by atoms with Gasteiger partial charge in [-0.25, -0.2) is 0 Å². The van der Waals surface area contributed by atoms with Crippen molar-refractivity contribution < 1.29 is 38.8 Å². The van der Waals surface area contributed by atoms with Crippen LogP contribution in [-0.2, 0) is 16.0 Å². The van der Waals surface area contributed by atoms with Crippen LogP contribution in [0.3, 0.4) is 0 Å². The van der Waals surface area contributed by atoms with Crippen molar-refractivity contribution in [2.75, 3.05) is 33.9 Å². The second-order valence-electron chi connectivity index (χ2n) is 11.4. The number of amides is 2. The molecule has 2 amide bonds. The summed E-state index contributed by atoms with van der Waals surface area (Å²) in [7, 11) is 3.06. The molecule has 0 aromatic heterocycles. The molecule has 2 aromatic rings. The molecule has 0 spiro atoms. The zero-order chi connectivity index (χ0) is 30.5. The summed E-state index contributed by atoms with van der Waals surface area (Å²) >= 11 is 0. The molecule has 2 aromatic carbocycles. The molecular weight excluding hydrogens is 552 g/mol. The number of carbonyl (C=O) groups excluding carboxylic acids is 3. The van der Waals surface area contributed by atoms with Crippen molar-refractivity contribution in [3.63, 3.8) is 0 Å². The first kappa shape index (κ1) is 30.6. The normalized spacial score (nSPS) is 22.6. The van der Waals surface area contributed by atoms with Gasteiger partial charge in [-0.3, -0.25) is 14.4 Å². The molecule has 4 atom stereocenters. The van der Waals surface area contributed by atoms with Crippen LogP contribution in [0.15, 0.2) is 48.0 Å². The van der Waals surface area contributed by atoms with Crippen LogP contribution in [0, 0.1) is 5.92 Å². The summed E-state index contributed by atoms with van der Waals surface area (Å²) in [6, 6.07) is 9.95. The van der Waals surface area contributed by atoms with E-state index in [0.29, 0.717) is 59.6 Å². The summed E-state index contributed by atoms with van der Waals surface area (Å²) in [6.45, 7) is 0.0727. The topological polar surface area (TPSA) is 135 Å². The van der Waals surface area contributed by atoms with Crippen LogP contribution in [0.4, 0.5) is 0 Å². The SMILES string of the molecule is COc1ccccc1CCN(C(=O)CC1CCCC1)C1C=C(C(=O)NCCO)C2c3cc(C=O)cc(OC)c3OC2C1O. The quantitative estimate of drug-likeness (QED) is 0.321. The number of para-hydroxylation sites is 1. The van der Waals surface area contributed by atoms with Crippen LogP contribution in [0.25, 0.3) is 0 Å². The first-order valence-electron chi connectivity index (χ1n) is 14.9. The van der Waals surface area contributed by atoms with Gasteiger partial charge < -0.3 is 34.6 Å². The summed E-state index contributed by atoms with van der Waals surface area (Å²) in [5.74, 6) is 0.411. The number of nitrogens with one attached hydrogen (secondary N) is 1. The number of aliphatic hydroxyl groups excluding tert-OH is 2. The number of hydrogen-bond donors (Lipinski definition) is 3. The highest BCUT2D eigenvalue weighted by atomic mass is 16.5. The monoisotopic (exact) mass is 592 g/mol. The Morgan fingerprint density at radius 3 is 2.56 bits per heavy atom. The summed E-state index contributed by atoms with van der Waals surface area (Å²) in [5, 5.41) is 24.0. The number of carbonyl (C=O) groups is 3. The number of ether oxygens (including phenoxy) is 3. The summed E-state index contributed by atoms with van der Waals surface area (Å²) in [5.41, 5.74) is 2.12. The maximum Gasteiger partial charge on any atom is 0.247 e. The lowest BCUT2D eigenvalue weighted by molar-refractivity contribution is -0.138. The standard InChI is InChI=1S/C33H40N2O8/c1-41-26-10-6-5-9-22(26)11-13-35(28(38)17-20-7-3-4-8-20)25-18-24(33(40)34-12-14-36)29-23-15-21(19-37)16-27(42-2)31(23)43-32(29)30(25)39/h5-6,9-10,15-16,18-20,25,29-30,32,36,39H,3-4,7-8,11-14,17H2,1-2H3,(H,34,40). The minimum absolute atomic E-state index is 0.0321. The third-order valence-electron chi connectivity index (χ3n) is 8.84. The number of fused-ring (bicyclic) bond motifs is 3. The van der Waals surface area contributed by atoms with E-state index in [1.54, 1.807) is 30.2 Å². The molecule has 3 aliphatic rings. The van der Waals surface area contributed by atoms with Gasteiger partial charge in [-0.2, -0.15) is 0 Å². The Bertz CT molecular complexity index is 1370. The molecule has 2 aliphatic carbocycles. The lowest BCUT2D eigenvalue weighted by atomic mass is 9.77. The molecule has 0 bridgehead atoms. The minimum atomic E-state index is -1.18. The Balaban J connectivity index is 1.55. The number of benzene rings is 2. The highest BCUT2D eigenvalue weighted by Crippen LogP contribution is 2.51. The van der Waals surface area contributed by atoms with Gasteiger partial charge in [0.25, 0.3) is 0 Å². The third-order valence-corrected chi connectivity index (χ3v) is 8.84. The molecule has 43 heavy (non-hydrogen) atoms. The van der Waals surface area contributed by atoms with Gasteiger partial charge in [0.2, 0.25) is 11.8 Å². The van der Waals surface area contributed by atoms with E-state index in [-0.39, 0.29) is 25.0 Å². The summed E-state index contributed by atoms with van der Waals surface area (Å²) in [6.07, 6.45) is 5.28. The molecule has 230 valence electrons. The van der Waals surface area contributed by atoms with Crippen molar-refractivity contribution in [3.8, 4) is 17.2 Å². The Kier molecular flexibility index (Phi) is 9.67. The van der Waals surface area contributed by atoms with E-state index in [1.165, 1.54) is 7.11 Å². The van der Waals surface area contributed by atoms with Crippen LogP contribution in [0.2, 0.25) is 0 Å². The molecule has 1 saturated carbocycles. The number of nitrogens with zero attached hydrogens (tertiary/aromatic N) is 1. The van der Waals surface area contributed by atoms with E-state index in [0.717, 1.165) is 31.2 Å². The van der Waals surface area contributed by atoms with Crippen LogP contribution in [0.1, 0.15) is 59.5 Å². The van der Waals surface area contributed by atoms with E-state index in [2.05, 4.69) is 5.32 Å². The number of rotatable bonds is 12. The van der Waals surface area contributed by atoms with Crippen molar-refractivity contribution in [1.29, 1.82) is 0 Å². The average molecular weight is 593 g/mol. The van der Waals surface area contributed by atoms with E-state index >= 15 is 0 Å². The zero-order valence-electron chi connectivity index (χ0n) is 24.7. The molecule has 10 nitrogen and oxygen atoms in total. The van der Waals surface area contributed by atoms with Crippen LogP contribution < -0.4 is 19.5 Å². The van der Waals surface area contributed by atoms with Gasteiger partial charge in [0.1, 0.15) is 24.2 Å². The van der Waals surface area contributed by atoms with Crippen molar-refractivity contribution in [2.45, 2.75) is 62.7 Å². The van der Waals surface area contributed by atoms with Gasteiger partial charge in [-0.05, 0) is 55.0 Å². The third kappa shape index (κ3) is 6.26. The van der Waals surface area contributed by atoms with Gasteiger partial charge in [-0.15, -0.1) is 0 Å². The van der Waals surface area contributed by atoms with Gasteiger partial charge in [0, 0.05) is 36.2 Å². The highest BCUT2D eigenvalue weighted by molar-refractivity contribution is 5.96. The van der Waals surface area contributed by atoms with Crippen molar-refractivity contribution in [1.82, 2.24) is 10.2 Å². The molecular formula is C33H40N2O8. The Morgan fingerprint density at radius 2 is 1.86 bits per heavy atom. The number of methoxy groups -OCH3 is 2. The fourth-order valence-electron chi connectivity index (χ4n) is 6.73. The molecule has 1 fully saturated rings. The second-order valence-corrected chi connectivity index (χ2v) is 11.4. The van der Waals surface area contributed by atoms with Crippen molar-refractivity contribution in [3.05, 3.63) is 64.7 Å². The van der Waals surface area contributed by atoms with Crippen LogP contribution in [-0.4, -0.2) is 85.4 Å². The van der Waals surface area contributed by atoms with Gasteiger partial charge in [0.05, 0.1) is 32.8 Å². The second kappa shape index (κ2) is 13.6. The molecule has 1 aliphatic heterocycles. The molecule has 0 saturated heterocycles. The molecule has 5 rings (SSSR count). The minimum Gasteiger partial charge on any atom is -0.496 e. The van der Waals surface area contributed by atoms with E-state index in [9.17, 15) is 24.6 Å². The molecule has 4 unspecified atom stereocenters. The largest absolute Gasteiger partial charge is 0.496 e. The number of aliphatic hydroxyl groups is 2. The highest BCUT2D eigenvalue weighted by Gasteiger charge is 2.51. The lowest BCUT2D eigenvalue weighted by Gasteiger charge is -2.41. The van der Waals surface area contributed by atoms with E-state index in [1.807, 2.05) is 24.3 Å². The maximum absolute atomic E-state index is 14.0. The first-order chi connectivity index (χ1) is 20.9. The van der Waals surface area contributed by atoms with E-state index in [4.69, 9.17) is 14.2 Å². The Morgan fingerprint density at radius 1 is 1.12 bits per heavy atom. The molecule has 0 radical (unpaired) electrons. The molecule has 3 N–H and O–H groups in total. The fraction of sp³-hybridized carbons (Fsp3) is 0.485. The van der Waals surface area contributed by atoms with Gasteiger partial charge >= 0.3 is 0 Å². The summed E-state index contributed by atoms with van der Waals surface area (Å²) in [4.78, 5) is 40.9. The fourth-order valence-corrected chi connectivity index (χ4v) is 6.73. The molecule has 1 heterocycles. The Labute approximate surface area is 251 Å². The van der Waals surface area contributed by atoms with Crippen LogP contribution in [0.5, 0.6) is 17.2 Å². The maximum atomic E-state index is 14.0. The van der Waals surface area contributed by atoms with Crippen molar-refractivity contribution >= 4 is 18.1 Å². The number of aldehydes is 1. The number of hydrogen-bond acceptors (Lipinski definition) is 8. The Hall–Kier alpha value is -3.89. The predicted octanol–water partition coefficient (Wildman–Crippen LogP) is 2.79. The van der Waals surface area contributed by atoms with Crippen LogP contribution >= 0.6 is 0 Å². The van der Waals surface area contributed by atoms with E-state index < -0.39 is 30.1 Å².